The van der Waals surface area contributed by atoms with Gasteiger partial charge in [-0.25, -0.2) is 0 Å². The predicted molar refractivity (Wildman–Crippen MR) is 67.2 cm³/mol. The van der Waals surface area contributed by atoms with E-state index in [0.29, 0.717) is 5.88 Å². The van der Waals surface area contributed by atoms with Crippen LogP contribution in [0.5, 0.6) is 0 Å². The molecular formula is C9H14BrClN2S. The van der Waals surface area contributed by atoms with Crippen molar-refractivity contribution in [1.82, 2.24) is 9.78 Å². The predicted octanol–water partition coefficient (Wildman–Crippen LogP) is 3.22. The first-order chi connectivity index (χ1) is 6.70. The number of nitrogens with zero attached hydrogens (tertiary/aromatic N) is 2. The van der Waals surface area contributed by atoms with Crippen LogP contribution >= 0.6 is 39.3 Å². The highest BCUT2D eigenvalue weighted by atomic mass is 79.9. The van der Waals surface area contributed by atoms with Crippen LogP contribution in [0.2, 0.25) is 0 Å². The summed E-state index contributed by atoms with van der Waals surface area (Å²) in [5.41, 5.74) is 2.38. The molecule has 1 rings (SSSR count). The molecule has 0 N–H and O–H groups in total. The standard InChI is InChI=1S/C9H14BrClN2S/c1-3-7-9(10)8(13(2)12-7)6-14-5-4-11/h3-6H2,1-2H3. The summed E-state index contributed by atoms with van der Waals surface area (Å²) in [6, 6.07) is 0. The Morgan fingerprint density at radius 3 is 2.79 bits per heavy atom. The van der Waals surface area contributed by atoms with E-state index in [1.807, 2.05) is 23.5 Å². The van der Waals surface area contributed by atoms with E-state index in [1.165, 1.54) is 5.69 Å². The largest absolute Gasteiger partial charge is 0.270 e. The number of aryl methyl sites for hydroxylation is 2. The summed E-state index contributed by atoms with van der Waals surface area (Å²) >= 11 is 11.0. The van der Waals surface area contributed by atoms with E-state index < -0.39 is 0 Å². The van der Waals surface area contributed by atoms with Gasteiger partial charge in [-0.05, 0) is 22.4 Å². The van der Waals surface area contributed by atoms with Gasteiger partial charge in [0, 0.05) is 24.4 Å². The first-order valence-corrected chi connectivity index (χ1v) is 7.02. The molecule has 0 saturated carbocycles. The van der Waals surface area contributed by atoms with Crippen molar-refractivity contribution in [2.24, 2.45) is 7.05 Å². The zero-order valence-corrected chi connectivity index (χ0v) is 11.5. The third-order valence-corrected chi connectivity index (χ3v) is 4.26. The van der Waals surface area contributed by atoms with E-state index >= 15 is 0 Å². The SMILES string of the molecule is CCc1nn(C)c(CSCCCl)c1Br. The molecule has 0 aliphatic heterocycles. The smallest absolute Gasteiger partial charge is 0.0767 e. The monoisotopic (exact) mass is 296 g/mol. The molecule has 0 amide bonds. The second-order valence-electron chi connectivity index (χ2n) is 2.93. The normalized spacial score (nSPS) is 10.9. The fourth-order valence-electron chi connectivity index (χ4n) is 1.20. The van der Waals surface area contributed by atoms with Crippen molar-refractivity contribution < 1.29 is 0 Å². The van der Waals surface area contributed by atoms with Crippen LogP contribution in [0.4, 0.5) is 0 Å². The Kier molecular flexibility index (Phi) is 5.34. The highest BCUT2D eigenvalue weighted by molar-refractivity contribution is 9.10. The Morgan fingerprint density at radius 2 is 2.29 bits per heavy atom. The Balaban J connectivity index is 2.70. The molecule has 0 unspecified atom stereocenters. The number of alkyl halides is 1. The zero-order valence-electron chi connectivity index (χ0n) is 8.39. The number of halogens is 2. The van der Waals surface area contributed by atoms with Crippen LogP contribution in [0, 0.1) is 0 Å². The van der Waals surface area contributed by atoms with E-state index in [9.17, 15) is 0 Å². The Bertz CT molecular complexity index is 301. The third-order valence-electron chi connectivity index (χ3n) is 1.96. The fourth-order valence-corrected chi connectivity index (χ4v) is 3.25. The van der Waals surface area contributed by atoms with Crippen molar-refractivity contribution in [2.75, 3.05) is 11.6 Å². The molecule has 80 valence electrons. The number of aromatic nitrogens is 2. The molecule has 0 fully saturated rings. The molecule has 1 aromatic heterocycles. The quantitative estimate of drug-likeness (QED) is 0.613. The van der Waals surface area contributed by atoms with Crippen LogP contribution in [-0.2, 0) is 19.2 Å². The topological polar surface area (TPSA) is 17.8 Å². The van der Waals surface area contributed by atoms with Crippen LogP contribution in [0.3, 0.4) is 0 Å². The van der Waals surface area contributed by atoms with Gasteiger partial charge >= 0.3 is 0 Å². The van der Waals surface area contributed by atoms with Gasteiger partial charge in [0.1, 0.15) is 0 Å². The maximum absolute atomic E-state index is 5.62. The van der Waals surface area contributed by atoms with Crippen molar-refractivity contribution in [3.8, 4) is 0 Å². The average molecular weight is 298 g/mol. The van der Waals surface area contributed by atoms with Crippen LogP contribution in [0.15, 0.2) is 4.47 Å². The van der Waals surface area contributed by atoms with Gasteiger partial charge in [0.25, 0.3) is 0 Å². The van der Waals surface area contributed by atoms with Crippen LogP contribution < -0.4 is 0 Å². The summed E-state index contributed by atoms with van der Waals surface area (Å²) in [6.07, 6.45) is 0.967. The molecule has 0 saturated heterocycles. The maximum Gasteiger partial charge on any atom is 0.0767 e. The fraction of sp³-hybridized carbons (Fsp3) is 0.667. The van der Waals surface area contributed by atoms with Crippen molar-refractivity contribution in [3.63, 3.8) is 0 Å². The van der Waals surface area contributed by atoms with Gasteiger partial charge in [0.15, 0.2) is 0 Å². The molecule has 0 bridgehead atoms. The van der Waals surface area contributed by atoms with E-state index in [-0.39, 0.29) is 0 Å². The van der Waals surface area contributed by atoms with Gasteiger partial charge < -0.3 is 0 Å². The Hall–Kier alpha value is 0.330. The second-order valence-corrected chi connectivity index (χ2v) is 5.20. The van der Waals surface area contributed by atoms with E-state index in [0.717, 1.165) is 28.1 Å². The Morgan fingerprint density at radius 1 is 1.57 bits per heavy atom. The molecule has 14 heavy (non-hydrogen) atoms. The van der Waals surface area contributed by atoms with Gasteiger partial charge in [-0.3, -0.25) is 4.68 Å². The molecular weight excluding hydrogens is 284 g/mol. The van der Waals surface area contributed by atoms with E-state index in [2.05, 4.69) is 28.0 Å². The van der Waals surface area contributed by atoms with Gasteiger partial charge in [-0.1, -0.05) is 6.92 Å². The number of rotatable bonds is 5. The molecule has 2 nitrogen and oxygen atoms in total. The molecule has 0 aliphatic carbocycles. The van der Waals surface area contributed by atoms with Crippen LogP contribution in [0.25, 0.3) is 0 Å². The minimum absolute atomic E-state index is 0.709. The second kappa shape index (κ2) is 6.03. The lowest BCUT2D eigenvalue weighted by molar-refractivity contribution is 0.719. The summed E-state index contributed by atoms with van der Waals surface area (Å²) in [5.74, 6) is 2.66. The van der Waals surface area contributed by atoms with Gasteiger partial charge in [-0.15, -0.1) is 11.6 Å². The molecule has 1 heterocycles. The summed E-state index contributed by atoms with van der Waals surface area (Å²) in [6.45, 7) is 2.11. The Labute approximate surface area is 103 Å². The summed E-state index contributed by atoms with van der Waals surface area (Å²) in [5, 5.41) is 4.43. The number of thioether (sulfide) groups is 1. The molecule has 5 heteroatoms. The molecule has 0 atom stereocenters. The first kappa shape index (κ1) is 12.4. The molecule has 1 aromatic rings. The highest BCUT2D eigenvalue weighted by Gasteiger charge is 2.11. The van der Waals surface area contributed by atoms with Crippen molar-refractivity contribution in [1.29, 1.82) is 0 Å². The van der Waals surface area contributed by atoms with Gasteiger partial charge in [0.05, 0.1) is 15.9 Å². The number of hydrogen-bond acceptors (Lipinski definition) is 2. The van der Waals surface area contributed by atoms with Gasteiger partial charge in [0.2, 0.25) is 0 Å². The number of hydrogen-bond donors (Lipinski definition) is 0. The lowest BCUT2D eigenvalue weighted by atomic mass is 10.3. The average Bonchev–Trinajstić information content (AvgIpc) is 2.45. The molecule has 0 radical (unpaired) electrons. The van der Waals surface area contributed by atoms with Gasteiger partial charge in [-0.2, -0.15) is 16.9 Å². The van der Waals surface area contributed by atoms with Crippen molar-refractivity contribution in [2.45, 2.75) is 19.1 Å². The first-order valence-electron chi connectivity index (χ1n) is 4.54. The molecule has 0 aromatic carbocycles. The van der Waals surface area contributed by atoms with Crippen molar-refractivity contribution in [3.05, 3.63) is 15.9 Å². The lowest BCUT2D eigenvalue weighted by Crippen LogP contribution is -1.97. The van der Waals surface area contributed by atoms with Crippen LogP contribution in [0.1, 0.15) is 18.3 Å². The molecule has 0 spiro atoms. The van der Waals surface area contributed by atoms with E-state index in [4.69, 9.17) is 11.6 Å². The van der Waals surface area contributed by atoms with E-state index in [1.54, 1.807) is 0 Å². The highest BCUT2D eigenvalue weighted by Crippen LogP contribution is 2.25. The minimum Gasteiger partial charge on any atom is -0.270 e. The summed E-state index contributed by atoms with van der Waals surface area (Å²) < 4.78 is 3.11. The van der Waals surface area contributed by atoms with Crippen LogP contribution in [-0.4, -0.2) is 21.4 Å². The summed E-state index contributed by atoms with van der Waals surface area (Å²) in [4.78, 5) is 0. The zero-order chi connectivity index (χ0) is 10.6. The third kappa shape index (κ3) is 2.91. The summed E-state index contributed by atoms with van der Waals surface area (Å²) in [7, 11) is 1.99. The lowest BCUT2D eigenvalue weighted by Gasteiger charge is -2.01. The molecule has 0 aliphatic rings. The van der Waals surface area contributed by atoms with Crippen molar-refractivity contribution >= 4 is 39.3 Å². The maximum atomic E-state index is 5.62. The minimum atomic E-state index is 0.709.